The van der Waals surface area contributed by atoms with Crippen molar-refractivity contribution in [2.24, 2.45) is 5.92 Å². The fraction of sp³-hybridized carbons (Fsp3) is 0.538. The highest BCUT2D eigenvalue weighted by Gasteiger charge is 2.40. The van der Waals surface area contributed by atoms with Crippen LogP contribution in [0.1, 0.15) is 24.8 Å². The fourth-order valence-electron chi connectivity index (χ4n) is 2.09. The van der Waals surface area contributed by atoms with E-state index in [0.29, 0.717) is 11.8 Å². The van der Waals surface area contributed by atoms with Crippen LogP contribution < -0.4 is 4.72 Å². The summed E-state index contributed by atoms with van der Waals surface area (Å²) in [5, 5.41) is 0. The van der Waals surface area contributed by atoms with Gasteiger partial charge < -0.3 is 0 Å². The van der Waals surface area contributed by atoms with Crippen LogP contribution in [0.3, 0.4) is 0 Å². The molecular weight excluding hydrogens is 270 g/mol. The summed E-state index contributed by atoms with van der Waals surface area (Å²) in [4.78, 5) is 0. The molecule has 18 heavy (non-hydrogen) atoms. The SMILES string of the molecule is CC(CCl)CS(=O)(=O)NC1CC1c1ccccc1. The summed E-state index contributed by atoms with van der Waals surface area (Å²) in [5.41, 5.74) is 1.20. The Hall–Kier alpha value is -0.580. The Kier molecular flexibility index (Phi) is 4.30. The number of alkyl halides is 1. The van der Waals surface area contributed by atoms with Gasteiger partial charge in [0.15, 0.2) is 0 Å². The molecule has 3 nitrogen and oxygen atoms in total. The summed E-state index contributed by atoms with van der Waals surface area (Å²) in [5.74, 6) is 0.785. The number of nitrogens with one attached hydrogen (secondary N) is 1. The zero-order chi connectivity index (χ0) is 13.2. The Morgan fingerprint density at radius 3 is 2.67 bits per heavy atom. The quantitative estimate of drug-likeness (QED) is 0.816. The Bertz CT molecular complexity index is 489. The van der Waals surface area contributed by atoms with Crippen molar-refractivity contribution in [3.63, 3.8) is 0 Å². The molecule has 3 unspecified atom stereocenters. The van der Waals surface area contributed by atoms with Crippen LogP contribution in [0.5, 0.6) is 0 Å². The van der Waals surface area contributed by atoms with Gasteiger partial charge in [-0.05, 0) is 17.9 Å². The molecule has 100 valence electrons. The zero-order valence-electron chi connectivity index (χ0n) is 10.3. The number of halogens is 1. The van der Waals surface area contributed by atoms with E-state index in [4.69, 9.17) is 11.6 Å². The Labute approximate surface area is 114 Å². The average Bonchev–Trinajstić information content (AvgIpc) is 3.07. The Morgan fingerprint density at radius 1 is 1.39 bits per heavy atom. The van der Waals surface area contributed by atoms with Crippen molar-refractivity contribution in [2.45, 2.75) is 25.3 Å². The Morgan fingerprint density at radius 2 is 2.06 bits per heavy atom. The highest BCUT2D eigenvalue weighted by Crippen LogP contribution is 2.41. The fourth-order valence-corrected chi connectivity index (χ4v) is 4.02. The molecule has 0 aromatic heterocycles. The number of hydrogen-bond acceptors (Lipinski definition) is 2. The third-order valence-electron chi connectivity index (χ3n) is 3.12. The second kappa shape index (κ2) is 5.59. The molecule has 0 spiro atoms. The van der Waals surface area contributed by atoms with Gasteiger partial charge in [0, 0.05) is 17.8 Å². The molecule has 3 atom stereocenters. The maximum absolute atomic E-state index is 11.9. The molecule has 0 aliphatic heterocycles. The molecule has 1 aromatic rings. The molecule has 2 rings (SSSR count). The van der Waals surface area contributed by atoms with Gasteiger partial charge in [0.2, 0.25) is 10.0 Å². The van der Waals surface area contributed by atoms with Crippen LogP contribution in [0, 0.1) is 5.92 Å². The van der Waals surface area contributed by atoms with Gasteiger partial charge >= 0.3 is 0 Å². The Balaban J connectivity index is 1.90. The van der Waals surface area contributed by atoms with E-state index in [9.17, 15) is 8.42 Å². The molecule has 1 N–H and O–H groups in total. The molecule has 0 radical (unpaired) electrons. The van der Waals surface area contributed by atoms with E-state index in [0.717, 1.165) is 6.42 Å². The van der Waals surface area contributed by atoms with E-state index in [2.05, 4.69) is 4.72 Å². The molecule has 1 aliphatic carbocycles. The monoisotopic (exact) mass is 287 g/mol. The molecule has 0 saturated heterocycles. The van der Waals surface area contributed by atoms with Gasteiger partial charge in [0.05, 0.1) is 5.75 Å². The molecule has 1 fully saturated rings. The van der Waals surface area contributed by atoms with Crippen molar-refractivity contribution < 1.29 is 8.42 Å². The van der Waals surface area contributed by atoms with Gasteiger partial charge in [0.1, 0.15) is 0 Å². The second-order valence-electron chi connectivity index (χ2n) is 5.02. The van der Waals surface area contributed by atoms with Crippen LogP contribution in [-0.2, 0) is 10.0 Å². The standard InChI is InChI=1S/C13H18ClNO2S/c1-10(8-14)9-18(16,17)15-13-7-12(13)11-5-3-2-4-6-11/h2-6,10,12-13,15H,7-9H2,1H3. The largest absolute Gasteiger partial charge is 0.212 e. The molecule has 0 amide bonds. The van der Waals surface area contributed by atoms with Crippen molar-refractivity contribution in [3.8, 4) is 0 Å². The van der Waals surface area contributed by atoms with Crippen LogP contribution in [0.25, 0.3) is 0 Å². The van der Waals surface area contributed by atoms with Gasteiger partial charge in [-0.3, -0.25) is 0 Å². The molecule has 5 heteroatoms. The molecule has 1 aromatic carbocycles. The molecule has 0 bridgehead atoms. The lowest BCUT2D eigenvalue weighted by molar-refractivity contribution is 0.567. The first-order chi connectivity index (χ1) is 8.52. The van der Waals surface area contributed by atoms with Crippen molar-refractivity contribution in [2.75, 3.05) is 11.6 Å². The lowest BCUT2D eigenvalue weighted by Gasteiger charge is -2.10. The number of rotatable bonds is 6. The van der Waals surface area contributed by atoms with Crippen LogP contribution in [0.4, 0.5) is 0 Å². The minimum absolute atomic E-state index is 0.0157. The van der Waals surface area contributed by atoms with Crippen LogP contribution in [0.15, 0.2) is 30.3 Å². The van der Waals surface area contributed by atoms with Gasteiger partial charge in [-0.2, -0.15) is 0 Å². The van der Waals surface area contributed by atoms with E-state index >= 15 is 0 Å². The minimum Gasteiger partial charge on any atom is -0.212 e. The van der Waals surface area contributed by atoms with E-state index in [1.54, 1.807) is 0 Å². The van der Waals surface area contributed by atoms with E-state index in [1.165, 1.54) is 5.56 Å². The number of hydrogen-bond donors (Lipinski definition) is 1. The normalized spacial score (nSPS) is 24.8. The molecule has 1 saturated carbocycles. The topological polar surface area (TPSA) is 46.2 Å². The first kappa shape index (κ1) is 13.8. The summed E-state index contributed by atoms with van der Waals surface area (Å²) in [6, 6.07) is 10.1. The lowest BCUT2D eigenvalue weighted by atomic mass is 10.1. The van der Waals surface area contributed by atoms with Crippen molar-refractivity contribution >= 4 is 21.6 Å². The van der Waals surface area contributed by atoms with Crippen molar-refractivity contribution in [3.05, 3.63) is 35.9 Å². The summed E-state index contributed by atoms with van der Waals surface area (Å²) in [6.45, 7) is 1.84. The number of sulfonamides is 1. The predicted octanol–water partition coefficient (Wildman–Crippen LogP) is 2.34. The summed E-state index contributed by atoms with van der Waals surface area (Å²) in [6.07, 6.45) is 0.887. The van der Waals surface area contributed by atoms with E-state index < -0.39 is 10.0 Å². The molecular formula is C13H18ClNO2S. The lowest BCUT2D eigenvalue weighted by Crippen LogP contribution is -2.32. The van der Waals surface area contributed by atoms with Gasteiger partial charge in [-0.1, -0.05) is 37.3 Å². The minimum atomic E-state index is -3.21. The summed E-state index contributed by atoms with van der Waals surface area (Å²) in [7, 11) is -3.21. The highest BCUT2D eigenvalue weighted by molar-refractivity contribution is 7.89. The van der Waals surface area contributed by atoms with Crippen LogP contribution in [-0.4, -0.2) is 26.1 Å². The highest BCUT2D eigenvalue weighted by atomic mass is 35.5. The average molecular weight is 288 g/mol. The first-order valence-electron chi connectivity index (χ1n) is 6.13. The number of benzene rings is 1. The second-order valence-corrected chi connectivity index (χ2v) is 7.13. The van der Waals surface area contributed by atoms with Crippen molar-refractivity contribution in [1.29, 1.82) is 0 Å². The van der Waals surface area contributed by atoms with Gasteiger partial charge in [0.25, 0.3) is 0 Å². The predicted molar refractivity (Wildman–Crippen MR) is 74.4 cm³/mol. The van der Waals surface area contributed by atoms with Crippen LogP contribution in [0.2, 0.25) is 0 Å². The third kappa shape index (κ3) is 3.70. The zero-order valence-corrected chi connectivity index (χ0v) is 11.9. The first-order valence-corrected chi connectivity index (χ1v) is 8.31. The summed E-state index contributed by atoms with van der Waals surface area (Å²) < 4.78 is 26.5. The maximum Gasteiger partial charge on any atom is 0.212 e. The van der Waals surface area contributed by atoms with Crippen molar-refractivity contribution in [1.82, 2.24) is 4.72 Å². The maximum atomic E-state index is 11.9. The molecule has 0 heterocycles. The van der Waals surface area contributed by atoms with E-state index in [-0.39, 0.29) is 17.7 Å². The van der Waals surface area contributed by atoms with E-state index in [1.807, 2.05) is 37.3 Å². The third-order valence-corrected chi connectivity index (χ3v) is 5.31. The summed E-state index contributed by atoms with van der Waals surface area (Å²) >= 11 is 5.64. The van der Waals surface area contributed by atoms with Gasteiger partial charge in [-0.25, -0.2) is 13.1 Å². The van der Waals surface area contributed by atoms with Crippen LogP contribution >= 0.6 is 11.6 Å². The molecule has 1 aliphatic rings. The van der Waals surface area contributed by atoms with Gasteiger partial charge in [-0.15, -0.1) is 11.6 Å². The smallest absolute Gasteiger partial charge is 0.212 e.